The Balaban J connectivity index is 2.33. The van der Waals surface area contributed by atoms with Crippen LogP contribution in [0.5, 0.6) is 5.75 Å². The molecule has 0 aliphatic carbocycles. The number of carboxylic acid groups (broad SMARTS) is 1. The average molecular weight is 293 g/mol. The van der Waals surface area contributed by atoms with Crippen molar-refractivity contribution < 1.29 is 19.4 Å². The highest BCUT2D eigenvalue weighted by atomic mass is 16.5. The van der Waals surface area contributed by atoms with Gasteiger partial charge >= 0.3 is 5.97 Å². The number of carboxylic acids is 1. The number of ether oxygens (including phenoxy) is 1. The van der Waals surface area contributed by atoms with Crippen LogP contribution in [-0.4, -0.2) is 30.1 Å². The maximum atomic E-state index is 11.6. The van der Waals surface area contributed by atoms with Gasteiger partial charge in [0.25, 0.3) is 0 Å². The first-order chi connectivity index (χ1) is 9.93. The molecule has 1 atom stereocenters. The van der Waals surface area contributed by atoms with E-state index in [2.05, 4.69) is 5.32 Å². The molecule has 1 amide bonds. The number of carbonyl (C=O) groups is 2. The third kappa shape index (κ3) is 5.85. The molecule has 116 valence electrons. The van der Waals surface area contributed by atoms with E-state index in [1.165, 1.54) is 0 Å². The van der Waals surface area contributed by atoms with E-state index in [1.807, 2.05) is 32.0 Å². The fourth-order valence-corrected chi connectivity index (χ4v) is 1.85. The van der Waals surface area contributed by atoms with Gasteiger partial charge in [-0.1, -0.05) is 19.1 Å². The molecule has 5 nitrogen and oxygen atoms in total. The third-order valence-electron chi connectivity index (χ3n) is 3.32. The molecule has 1 rings (SSSR count). The van der Waals surface area contributed by atoms with Crippen LogP contribution >= 0.6 is 0 Å². The molecule has 2 N–H and O–H groups in total. The Morgan fingerprint density at radius 1 is 1.33 bits per heavy atom. The summed E-state index contributed by atoms with van der Waals surface area (Å²) in [6.45, 7) is 6.16. The van der Waals surface area contributed by atoms with Gasteiger partial charge in [0.2, 0.25) is 5.91 Å². The molecule has 0 saturated carbocycles. The van der Waals surface area contributed by atoms with Gasteiger partial charge in [0.1, 0.15) is 5.75 Å². The summed E-state index contributed by atoms with van der Waals surface area (Å²) in [6, 6.07) is 5.92. The lowest BCUT2D eigenvalue weighted by molar-refractivity contribution is -0.141. The van der Waals surface area contributed by atoms with Crippen LogP contribution < -0.4 is 10.1 Å². The molecule has 0 aliphatic rings. The molecule has 1 unspecified atom stereocenters. The molecular weight excluding hydrogens is 270 g/mol. The summed E-state index contributed by atoms with van der Waals surface area (Å²) in [4.78, 5) is 22.5. The summed E-state index contributed by atoms with van der Waals surface area (Å²) in [5.41, 5.74) is 2.13. The standard InChI is InChI=1S/C16H23NO4/c1-4-13(16(19)20)10-17-15(18)7-8-21-14-9-11(2)5-6-12(14)3/h5-6,9,13H,4,7-8,10H2,1-3H3,(H,17,18)(H,19,20). The van der Waals surface area contributed by atoms with Crippen molar-refractivity contribution in [1.82, 2.24) is 5.32 Å². The highest BCUT2D eigenvalue weighted by molar-refractivity contribution is 5.77. The lowest BCUT2D eigenvalue weighted by atomic mass is 10.1. The zero-order valence-corrected chi connectivity index (χ0v) is 12.8. The quantitative estimate of drug-likeness (QED) is 0.771. The van der Waals surface area contributed by atoms with E-state index in [9.17, 15) is 9.59 Å². The zero-order valence-electron chi connectivity index (χ0n) is 12.8. The second-order valence-corrected chi connectivity index (χ2v) is 5.11. The minimum atomic E-state index is -0.885. The van der Waals surface area contributed by atoms with Gasteiger partial charge in [0.15, 0.2) is 0 Å². The van der Waals surface area contributed by atoms with E-state index < -0.39 is 11.9 Å². The van der Waals surface area contributed by atoms with Gasteiger partial charge in [0, 0.05) is 6.54 Å². The van der Waals surface area contributed by atoms with Crippen molar-refractivity contribution in [3.8, 4) is 5.75 Å². The van der Waals surface area contributed by atoms with Gasteiger partial charge in [-0.2, -0.15) is 0 Å². The highest BCUT2D eigenvalue weighted by Gasteiger charge is 2.15. The van der Waals surface area contributed by atoms with Crippen LogP contribution in [-0.2, 0) is 9.59 Å². The summed E-state index contributed by atoms with van der Waals surface area (Å²) < 4.78 is 5.59. The number of aliphatic carboxylic acids is 1. The van der Waals surface area contributed by atoms with E-state index in [0.29, 0.717) is 6.42 Å². The van der Waals surface area contributed by atoms with Crippen LogP contribution in [0.1, 0.15) is 30.9 Å². The van der Waals surface area contributed by atoms with Crippen molar-refractivity contribution in [1.29, 1.82) is 0 Å². The largest absolute Gasteiger partial charge is 0.493 e. The Hall–Kier alpha value is -2.04. The fourth-order valence-electron chi connectivity index (χ4n) is 1.85. The van der Waals surface area contributed by atoms with Gasteiger partial charge in [0.05, 0.1) is 18.9 Å². The number of nitrogens with one attached hydrogen (secondary N) is 1. The monoisotopic (exact) mass is 293 g/mol. The molecule has 0 aliphatic heterocycles. The Morgan fingerprint density at radius 2 is 2.05 bits per heavy atom. The van der Waals surface area contributed by atoms with Crippen molar-refractivity contribution in [3.63, 3.8) is 0 Å². The molecule has 0 radical (unpaired) electrons. The van der Waals surface area contributed by atoms with Crippen LogP contribution in [0.25, 0.3) is 0 Å². The van der Waals surface area contributed by atoms with E-state index in [4.69, 9.17) is 9.84 Å². The molecule has 0 saturated heterocycles. The van der Waals surface area contributed by atoms with Crippen LogP contribution in [0, 0.1) is 19.8 Å². The zero-order chi connectivity index (χ0) is 15.8. The Morgan fingerprint density at radius 3 is 2.67 bits per heavy atom. The fraction of sp³-hybridized carbons (Fsp3) is 0.500. The first-order valence-electron chi connectivity index (χ1n) is 7.13. The number of amides is 1. The summed E-state index contributed by atoms with van der Waals surface area (Å²) in [5.74, 6) is -0.835. The van der Waals surface area contributed by atoms with Crippen molar-refractivity contribution in [2.45, 2.75) is 33.6 Å². The molecule has 0 heterocycles. The summed E-state index contributed by atoms with van der Waals surface area (Å²) >= 11 is 0. The molecule has 5 heteroatoms. The number of hydrogen-bond acceptors (Lipinski definition) is 3. The number of hydrogen-bond donors (Lipinski definition) is 2. The second kappa shape index (κ2) is 8.29. The van der Waals surface area contributed by atoms with Gasteiger partial charge in [-0.25, -0.2) is 0 Å². The molecule has 0 aromatic heterocycles. The first kappa shape index (κ1) is 17.0. The minimum absolute atomic E-state index is 0.161. The predicted molar refractivity (Wildman–Crippen MR) is 80.5 cm³/mol. The van der Waals surface area contributed by atoms with Crippen molar-refractivity contribution in [2.75, 3.05) is 13.2 Å². The van der Waals surface area contributed by atoms with Crippen LogP contribution in [0.15, 0.2) is 18.2 Å². The topological polar surface area (TPSA) is 75.6 Å². The molecule has 0 fully saturated rings. The van der Waals surface area contributed by atoms with Crippen molar-refractivity contribution in [3.05, 3.63) is 29.3 Å². The molecule has 21 heavy (non-hydrogen) atoms. The van der Waals surface area contributed by atoms with E-state index in [1.54, 1.807) is 6.92 Å². The van der Waals surface area contributed by atoms with Crippen LogP contribution in [0.2, 0.25) is 0 Å². The Kier molecular flexibility index (Phi) is 6.72. The number of carbonyl (C=O) groups excluding carboxylic acids is 1. The molecular formula is C16H23NO4. The predicted octanol–water partition coefficient (Wildman–Crippen LogP) is 2.30. The van der Waals surface area contributed by atoms with Gasteiger partial charge in [-0.3, -0.25) is 9.59 Å². The van der Waals surface area contributed by atoms with Gasteiger partial charge in [-0.05, 0) is 37.5 Å². The number of rotatable bonds is 8. The molecule has 1 aromatic rings. The van der Waals surface area contributed by atoms with Gasteiger partial charge in [-0.15, -0.1) is 0 Å². The van der Waals surface area contributed by atoms with Crippen molar-refractivity contribution >= 4 is 11.9 Å². The van der Waals surface area contributed by atoms with Crippen molar-refractivity contribution in [2.24, 2.45) is 5.92 Å². The Labute approximate surface area is 125 Å². The maximum absolute atomic E-state index is 11.6. The lowest BCUT2D eigenvalue weighted by Crippen LogP contribution is -2.33. The summed E-state index contributed by atoms with van der Waals surface area (Å²) in [5, 5.41) is 11.5. The van der Waals surface area contributed by atoms with E-state index in [-0.39, 0.29) is 25.5 Å². The lowest BCUT2D eigenvalue weighted by Gasteiger charge is -2.12. The average Bonchev–Trinajstić information content (AvgIpc) is 2.43. The summed E-state index contributed by atoms with van der Waals surface area (Å²) in [6.07, 6.45) is 0.706. The second-order valence-electron chi connectivity index (χ2n) is 5.11. The molecule has 1 aromatic carbocycles. The van der Waals surface area contributed by atoms with Crippen LogP contribution in [0.3, 0.4) is 0 Å². The van der Waals surface area contributed by atoms with E-state index >= 15 is 0 Å². The smallest absolute Gasteiger partial charge is 0.308 e. The molecule has 0 bridgehead atoms. The van der Waals surface area contributed by atoms with Crippen LogP contribution in [0.4, 0.5) is 0 Å². The van der Waals surface area contributed by atoms with Gasteiger partial charge < -0.3 is 15.2 Å². The van der Waals surface area contributed by atoms with E-state index in [0.717, 1.165) is 16.9 Å². The maximum Gasteiger partial charge on any atom is 0.308 e. The highest BCUT2D eigenvalue weighted by Crippen LogP contribution is 2.19. The third-order valence-corrected chi connectivity index (χ3v) is 3.32. The molecule has 0 spiro atoms. The SMILES string of the molecule is CCC(CNC(=O)CCOc1cc(C)ccc1C)C(=O)O. The number of aryl methyl sites for hydroxylation is 2. The first-order valence-corrected chi connectivity index (χ1v) is 7.13. The Bertz CT molecular complexity index is 499. The normalized spacial score (nSPS) is 11.8. The summed E-state index contributed by atoms with van der Waals surface area (Å²) in [7, 11) is 0. The number of benzene rings is 1. The minimum Gasteiger partial charge on any atom is -0.493 e.